The minimum atomic E-state index is -2.22. The monoisotopic (exact) mass is 628 g/mol. The van der Waals surface area contributed by atoms with E-state index in [1.54, 1.807) is 0 Å². The summed E-state index contributed by atoms with van der Waals surface area (Å²) in [5, 5.41) is 95.2. The van der Waals surface area contributed by atoms with Gasteiger partial charge in [-0.05, 0) is 33.1 Å². The molecule has 0 bridgehead atoms. The molecule has 1 aliphatic heterocycles. The molecule has 250 valence electrons. The van der Waals surface area contributed by atoms with Crippen LogP contribution in [0.3, 0.4) is 0 Å². The van der Waals surface area contributed by atoms with E-state index in [0.29, 0.717) is 6.42 Å². The van der Waals surface area contributed by atoms with Gasteiger partial charge in [0.05, 0.1) is 19.3 Å². The van der Waals surface area contributed by atoms with E-state index in [-0.39, 0.29) is 19.4 Å². The summed E-state index contributed by atoms with van der Waals surface area (Å²) in [7, 11) is 0. The van der Waals surface area contributed by atoms with E-state index >= 15 is 0 Å². The Morgan fingerprint density at radius 2 is 1.49 bits per heavy atom. The summed E-state index contributed by atoms with van der Waals surface area (Å²) in [5.41, 5.74) is 5.81. The van der Waals surface area contributed by atoms with Gasteiger partial charge in [0.25, 0.3) is 5.91 Å². The SMILES string of the molecule is C[C@@H](NC(=O)[C@@H](C)NC(=O)[C@@H](N)CCCCNC(=O)[C@H](O)[C@@H](O)[C@H](O[C@H]1O[C@H](CO)[C@@H](O)[C@H](O)[C@H]1O)[C@H](O)CO)C(=O)O. The minimum Gasteiger partial charge on any atom is -0.480 e. The number of carboxylic acid groups (broad SMARTS) is 1. The highest BCUT2D eigenvalue weighted by Gasteiger charge is 2.47. The van der Waals surface area contributed by atoms with Gasteiger partial charge in [0.15, 0.2) is 12.4 Å². The van der Waals surface area contributed by atoms with Gasteiger partial charge in [0.1, 0.15) is 54.8 Å². The lowest BCUT2D eigenvalue weighted by molar-refractivity contribution is -0.326. The largest absolute Gasteiger partial charge is 0.480 e. The zero-order chi connectivity index (χ0) is 33.0. The first kappa shape index (κ1) is 38.5. The molecule has 0 radical (unpaired) electrons. The number of ether oxygens (including phenoxy) is 2. The van der Waals surface area contributed by atoms with E-state index in [1.165, 1.54) is 13.8 Å². The van der Waals surface area contributed by atoms with Crippen LogP contribution in [0.5, 0.6) is 0 Å². The van der Waals surface area contributed by atoms with Crippen LogP contribution in [0.4, 0.5) is 0 Å². The lowest BCUT2D eigenvalue weighted by atomic mass is 9.98. The number of carbonyl (C=O) groups is 4. The molecule has 1 rings (SSSR count). The van der Waals surface area contributed by atoms with Gasteiger partial charge in [-0.25, -0.2) is 0 Å². The van der Waals surface area contributed by atoms with Crippen LogP contribution in [0.1, 0.15) is 33.1 Å². The molecule has 0 spiro atoms. The van der Waals surface area contributed by atoms with Crippen LogP contribution in [0.25, 0.3) is 0 Å². The number of carboxylic acids is 1. The Kier molecular flexibility index (Phi) is 16.4. The third kappa shape index (κ3) is 11.5. The molecule has 43 heavy (non-hydrogen) atoms. The van der Waals surface area contributed by atoms with E-state index in [4.69, 9.17) is 20.3 Å². The molecule has 0 aromatic rings. The lowest BCUT2D eigenvalue weighted by Crippen LogP contribution is -2.62. The predicted octanol–water partition coefficient (Wildman–Crippen LogP) is -7.05. The summed E-state index contributed by atoms with van der Waals surface area (Å²) in [4.78, 5) is 47.4. The molecular weight excluding hydrogens is 584 g/mol. The van der Waals surface area contributed by atoms with Gasteiger partial charge in [-0.1, -0.05) is 0 Å². The van der Waals surface area contributed by atoms with Crippen molar-refractivity contribution in [2.75, 3.05) is 19.8 Å². The smallest absolute Gasteiger partial charge is 0.325 e. The summed E-state index contributed by atoms with van der Waals surface area (Å²) in [6.07, 6.45) is -16.3. The maximum Gasteiger partial charge on any atom is 0.325 e. The second kappa shape index (κ2) is 18.3. The molecule has 0 saturated carbocycles. The second-order valence-electron chi connectivity index (χ2n) is 10.2. The maximum atomic E-state index is 12.4. The molecule has 19 nitrogen and oxygen atoms in total. The van der Waals surface area contributed by atoms with E-state index < -0.39 is 110 Å². The van der Waals surface area contributed by atoms with Crippen LogP contribution in [0, 0.1) is 0 Å². The quantitative estimate of drug-likeness (QED) is 0.0627. The number of nitrogens with one attached hydrogen (secondary N) is 3. The van der Waals surface area contributed by atoms with Crippen LogP contribution >= 0.6 is 0 Å². The average Bonchev–Trinajstić information content (AvgIpc) is 2.97. The minimum absolute atomic E-state index is 0.0520. The van der Waals surface area contributed by atoms with Crippen molar-refractivity contribution in [3.8, 4) is 0 Å². The molecular formula is C24H44N4O15. The molecule has 0 aromatic carbocycles. The van der Waals surface area contributed by atoms with E-state index in [2.05, 4.69) is 16.0 Å². The van der Waals surface area contributed by atoms with E-state index in [1.807, 2.05) is 0 Å². The van der Waals surface area contributed by atoms with Gasteiger partial charge in [-0.3, -0.25) is 19.2 Å². The Morgan fingerprint density at radius 3 is 2.05 bits per heavy atom. The molecule has 0 unspecified atom stereocenters. The molecule has 0 aliphatic carbocycles. The molecule has 19 heteroatoms. The molecule has 14 N–H and O–H groups in total. The summed E-state index contributed by atoms with van der Waals surface area (Å²) in [6, 6.07) is -3.24. The van der Waals surface area contributed by atoms with Crippen molar-refractivity contribution < 1.29 is 74.6 Å². The Hall–Kier alpha value is -2.56. The molecule has 1 aliphatic rings. The van der Waals surface area contributed by atoms with Crippen molar-refractivity contribution in [1.29, 1.82) is 0 Å². The second-order valence-corrected chi connectivity index (χ2v) is 10.2. The van der Waals surface area contributed by atoms with E-state index in [9.17, 15) is 60.0 Å². The summed E-state index contributed by atoms with van der Waals surface area (Å²) in [5.74, 6) is -3.74. The highest BCUT2D eigenvalue weighted by atomic mass is 16.7. The van der Waals surface area contributed by atoms with Crippen LogP contribution in [-0.2, 0) is 28.7 Å². The highest BCUT2D eigenvalue weighted by Crippen LogP contribution is 2.25. The van der Waals surface area contributed by atoms with Gasteiger partial charge in [-0.15, -0.1) is 0 Å². The average molecular weight is 629 g/mol. The zero-order valence-corrected chi connectivity index (χ0v) is 23.7. The topological polar surface area (TPSA) is 331 Å². The zero-order valence-electron chi connectivity index (χ0n) is 23.7. The fraction of sp³-hybridized carbons (Fsp3) is 0.833. The number of aliphatic carboxylic acids is 1. The van der Waals surface area contributed by atoms with Crippen molar-refractivity contribution in [3.63, 3.8) is 0 Å². The Balaban J connectivity index is 2.56. The van der Waals surface area contributed by atoms with Crippen LogP contribution < -0.4 is 21.7 Å². The Morgan fingerprint density at radius 1 is 0.884 bits per heavy atom. The van der Waals surface area contributed by atoms with Gasteiger partial charge >= 0.3 is 5.97 Å². The fourth-order valence-electron chi connectivity index (χ4n) is 3.89. The van der Waals surface area contributed by atoms with Crippen molar-refractivity contribution in [2.24, 2.45) is 5.73 Å². The summed E-state index contributed by atoms with van der Waals surface area (Å²) in [6.45, 7) is 0.734. The van der Waals surface area contributed by atoms with Crippen LogP contribution in [0.2, 0.25) is 0 Å². The lowest BCUT2D eigenvalue weighted by Gasteiger charge is -2.42. The molecule has 12 atom stereocenters. The number of unbranched alkanes of at least 4 members (excludes halogenated alkanes) is 1. The van der Waals surface area contributed by atoms with Gasteiger partial charge in [0, 0.05) is 6.54 Å². The van der Waals surface area contributed by atoms with Crippen LogP contribution in [0.15, 0.2) is 0 Å². The summed E-state index contributed by atoms with van der Waals surface area (Å²) < 4.78 is 10.4. The normalized spacial score (nSPS) is 27.1. The molecule has 3 amide bonds. The number of carbonyl (C=O) groups excluding carboxylic acids is 3. The number of hydrogen-bond donors (Lipinski definition) is 13. The third-order valence-corrected chi connectivity index (χ3v) is 6.69. The van der Waals surface area contributed by atoms with Crippen LogP contribution in [-0.4, -0.2) is 163 Å². The Labute approximate surface area is 246 Å². The molecule has 0 aromatic heterocycles. The van der Waals surface area contributed by atoms with Crippen molar-refractivity contribution in [1.82, 2.24) is 16.0 Å². The molecule has 1 heterocycles. The fourth-order valence-corrected chi connectivity index (χ4v) is 3.89. The first-order chi connectivity index (χ1) is 20.1. The van der Waals surface area contributed by atoms with Crippen molar-refractivity contribution in [3.05, 3.63) is 0 Å². The highest BCUT2D eigenvalue weighted by molar-refractivity contribution is 5.91. The van der Waals surface area contributed by atoms with Crippen molar-refractivity contribution in [2.45, 2.75) is 106 Å². The molecule has 1 saturated heterocycles. The number of nitrogens with two attached hydrogens (primary N) is 1. The first-order valence-electron chi connectivity index (χ1n) is 13.5. The Bertz CT molecular complexity index is 912. The summed E-state index contributed by atoms with van der Waals surface area (Å²) >= 11 is 0. The van der Waals surface area contributed by atoms with Gasteiger partial charge in [-0.2, -0.15) is 0 Å². The predicted molar refractivity (Wildman–Crippen MR) is 141 cm³/mol. The van der Waals surface area contributed by atoms with Crippen molar-refractivity contribution >= 4 is 23.7 Å². The number of aliphatic hydroxyl groups excluding tert-OH is 8. The van der Waals surface area contributed by atoms with Gasteiger partial charge in [0.2, 0.25) is 11.8 Å². The first-order valence-corrected chi connectivity index (χ1v) is 13.5. The van der Waals surface area contributed by atoms with E-state index in [0.717, 1.165) is 0 Å². The number of amides is 3. The standard InChI is InChI=1S/C24H44N4O15/c1-9(20(37)28-10(2)23(40)41)27-21(38)11(25)5-3-4-6-26-22(39)17(35)16(34)19(12(31)7-29)43-24-18(36)15(33)14(32)13(8-30)42-24/h9-19,24,29-36H,3-8,25H2,1-2H3,(H,26,39)(H,27,38)(H,28,37)(H,40,41)/t9-,10-,11+,12-,13-,14-,15+,16-,17-,18-,19-,24-/m1/s1. The third-order valence-electron chi connectivity index (χ3n) is 6.69. The van der Waals surface area contributed by atoms with Gasteiger partial charge < -0.3 is 77.1 Å². The number of hydrogen-bond acceptors (Lipinski definition) is 15. The number of aliphatic hydroxyl groups is 8. The molecule has 1 fully saturated rings. The number of rotatable bonds is 18. The maximum absolute atomic E-state index is 12.4.